The number of rotatable bonds is 10. The van der Waals surface area contributed by atoms with Crippen molar-refractivity contribution in [2.75, 3.05) is 33.6 Å². The van der Waals surface area contributed by atoms with Gasteiger partial charge in [-0.2, -0.15) is 0 Å². The van der Waals surface area contributed by atoms with E-state index < -0.39 is 5.97 Å². The number of methoxy groups -OCH3 is 1. The highest BCUT2D eigenvalue weighted by Crippen LogP contribution is 2.33. The number of likely N-dealkylation sites (tertiary alicyclic amines) is 1. The van der Waals surface area contributed by atoms with Crippen LogP contribution in [0.4, 0.5) is 0 Å². The molecule has 10 nitrogen and oxygen atoms in total. The fraction of sp³-hybridized carbons (Fsp3) is 0.367. The van der Waals surface area contributed by atoms with Crippen molar-refractivity contribution >= 4 is 17.0 Å². The standard InChI is InChI=1S/C30H32N4O6/c1-37-14-13-34-18-31-25-7-6-22(30(35)36)23(29(25)34)16-33-11-9-21(10-12-33)24-3-2-4-28(32-24)38-17-20-5-8-26-27(15-20)40-19-39-26/h2-8,15,18,21H,9-14,16-17,19H2,1H3,(H,35,36). The number of fused-ring (bicyclic) bond motifs is 2. The number of aromatic nitrogens is 3. The summed E-state index contributed by atoms with van der Waals surface area (Å²) in [7, 11) is 1.66. The van der Waals surface area contributed by atoms with Crippen LogP contribution in [0.25, 0.3) is 11.0 Å². The van der Waals surface area contributed by atoms with Gasteiger partial charge in [-0.15, -0.1) is 0 Å². The predicted octanol–water partition coefficient (Wildman–Crippen LogP) is 4.46. The number of piperidine rings is 1. The number of carboxylic acids is 1. The molecule has 2 aliphatic rings. The lowest BCUT2D eigenvalue weighted by Crippen LogP contribution is -2.33. The third-order valence-electron chi connectivity index (χ3n) is 7.61. The number of hydrogen-bond donors (Lipinski definition) is 1. The van der Waals surface area contributed by atoms with Gasteiger partial charge in [-0.05, 0) is 61.8 Å². The van der Waals surface area contributed by atoms with Gasteiger partial charge in [-0.1, -0.05) is 12.1 Å². The van der Waals surface area contributed by atoms with Crippen molar-refractivity contribution in [3.8, 4) is 17.4 Å². The maximum absolute atomic E-state index is 12.1. The summed E-state index contributed by atoms with van der Waals surface area (Å²) in [5.74, 6) is 1.48. The summed E-state index contributed by atoms with van der Waals surface area (Å²) in [4.78, 5) is 23.7. The van der Waals surface area contributed by atoms with E-state index in [1.54, 1.807) is 25.6 Å². The molecule has 40 heavy (non-hydrogen) atoms. The first-order valence-electron chi connectivity index (χ1n) is 13.5. The molecule has 0 aliphatic carbocycles. The van der Waals surface area contributed by atoms with Gasteiger partial charge in [0.15, 0.2) is 11.5 Å². The van der Waals surface area contributed by atoms with Gasteiger partial charge in [0.25, 0.3) is 0 Å². The van der Waals surface area contributed by atoms with E-state index in [9.17, 15) is 9.90 Å². The number of ether oxygens (including phenoxy) is 4. The van der Waals surface area contributed by atoms with Gasteiger partial charge < -0.3 is 28.6 Å². The van der Waals surface area contributed by atoms with E-state index in [1.807, 2.05) is 34.9 Å². The van der Waals surface area contributed by atoms with Crippen LogP contribution >= 0.6 is 0 Å². The average molecular weight is 545 g/mol. The zero-order chi connectivity index (χ0) is 27.5. The molecule has 2 aromatic carbocycles. The first kappa shape index (κ1) is 26.1. The van der Waals surface area contributed by atoms with Gasteiger partial charge >= 0.3 is 5.97 Å². The molecule has 4 aromatic rings. The fourth-order valence-corrected chi connectivity index (χ4v) is 5.49. The summed E-state index contributed by atoms with van der Waals surface area (Å²) < 4.78 is 24.1. The third kappa shape index (κ3) is 5.45. The van der Waals surface area contributed by atoms with E-state index in [1.165, 1.54) is 0 Å². The van der Waals surface area contributed by atoms with Gasteiger partial charge in [-0.25, -0.2) is 14.8 Å². The molecule has 208 valence electrons. The highest BCUT2D eigenvalue weighted by molar-refractivity contribution is 5.95. The summed E-state index contributed by atoms with van der Waals surface area (Å²) in [6, 6.07) is 15.2. The van der Waals surface area contributed by atoms with Crippen LogP contribution in [-0.2, 0) is 24.4 Å². The summed E-state index contributed by atoms with van der Waals surface area (Å²) in [6.07, 6.45) is 3.62. The summed E-state index contributed by atoms with van der Waals surface area (Å²) in [5.41, 5.74) is 4.80. The highest BCUT2D eigenvalue weighted by atomic mass is 16.7. The van der Waals surface area contributed by atoms with Crippen molar-refractivity contribution in [2.45, 2.75) is 38.5 Å². The quantitative estimate of drug-likeness (QED) is 0.309. The summed E-state index contributed by atoms with van der Waals surface area (Å²) in [5, 5.41) is 9.93. The number of imidazole rings is 1. The molecular weight excluding hydrogens is 512 g/mol. The van der Waals surface area contributed by atoms with Gasteiger partial charge in [0.2, 0.25) is 12.7 Å². The molecule has 4 heterocycles. The second-order valence-electron chi connectivity index (χ2n) is 10.1. The molecular formula is C30H32N4O6. The molecule has 10 heteroatoms. The Bertz CT molecular complexity index is 1510. The Labute approximate surface area is 232 Å². The SMILES string of the molecule is COCCn1cnc2ccc(C(=O)O)c(CN3CCC(c4cccc(OCc5ccc6c(c5)OCO6)n4)CC3)c21. The Balaban J connectivity index is 1.11. The topological polar surface area (TPSA) is 108 Å². The molecule has 2 aliphatic heterocycles. The first-order chi connectivity index (χ1) is 19.6. The van der Waals surface area contributed by atoms with Crippen LogP contribution in [0.3, 0.4) is 0 Å². The lowest BCUT2D eigenvalue weighted by atomic mass is 9.92. The largest absolute Gasteiger partial charge is 0.478 e. The van der Waals surface area contributed by atoms with Crippen LogP contribution in [0.1, 0.15) is 45.9 Å². The minimum absolute atomic E-state index is 0.248. The van der Waals surface area contributed by atoms with E-state index in [0.29, 0.717) is 43.7 Å². The molecule has 0 radical (unpaired) electrons. The Hall–Kier alpha value is -4.15. The number of aromatic carboxylic acids is 1. The molecule has 1 saturated heterocycles. The molecule has 6 rings (SSSR count). The van der Waals surface area contributed by atoms with Gasteiger partial charge in [0.05, 0.1) is 29.5 Å². The first-order valence-corrected chi connectivity index (χ1v) is 13.5. The summed E-state index contributed by atoms with van der Waals surface area (Å²) in [6.45, 7) is 4.02. The number of nitrogens with zero attached hydrogens (tertiary/aromatic N) is 4. The predicted molar refractivity (Wildman–Crippen MR) is 147 cm³/mol. The Morgan fingerprint density at radius 2 is 1.95 bits per heavy atom. The van der Waals surface area contributed by atoms with Crippen LogP contribution in [0, 0.1) is 0 Å². The van der Waals surface area contributed by atoms with Gasteiger partial charge in [0.1, 0.15) is 6.61 Å². The van der Waals surface area contributed by atoms with Crippen molar-refractivity contribution in [2.24, 2.45) is 0 Å². The summed E-state index contributed by atoms with van der Waals surface area (Å²) >= 11 is 0. The number of benzene rings is 2. The smallest absolute Gasteiger partial charge is 0.336 e. The number of carbonyl (C=O) groups is 1. The Morgan fingerprint density at radius 1 is 1.10 bits per heavy atom. The van der Waals surface area contributed by atoms with E-state index >= 15 is 0 Å². The zero-order valence-electron chi connectivity index (χ0n) is 22.4. The maximum Gasteiger partial charge on any atom is 0.336 e. The Kier molecular flexibility index (Phi) is 7.52. The lowest BCUT2D eigenvalue weighted by Gasteiger charge is -2.32. The van der Waals surface area contributed by atoms with E-state index in [0.717, 1.165) is 65.3 Å². The second kappa shape index (κ2) is 11.5. The average Bonchev–Trinajstić information content (AvgIpc) is 3.62. The minimum atomic E-state index is -0.923. The maximum atomic E-state index is 12.1. The lowest BCUT2D eigenvalue weighted by molar-refractivity contribution is 0.0694. The van der Waals surface area contributed by atoms with Crippen LogP contribution < -0.4 is 14.2 Å². The molecule has 0 bridgehead atoms. The molecule has 0 atom stereocenters. The van der Waals surface area contributed by atoms with Crippen LogP contribution in [0.2, 0.25) is 0 Å². The van der Waals surface area contributed by atoms with Crippen LogP contribution in [0.5, 0.6) is 17.4 Å². The molecule has 0 amide bonds. The minimum Gasteiger partial charge on any atom is -0.478 e. The monoisotopic (exact) mass is 544 g/mol. The molecule has 1 N–H and O–H groups in total. The van der Waals surface area contributed by atoms with Crippen molar-refractivity contribution in [1.29, 1.82) is 0 Å². The van der Waals surface area contributed by atoms with E-state index in [2.05, 4.69) is 16.0 Å². The number of hydrogen-bond acceptors (Lipinski definition) is 8. The second-order valence-corrected chi connectivity index (χ2v) is 10.1. The van der Waals surface area contributed by atoms with Gasteiger partial charge in [-0.3, -0.25) is 4.90 Å². The molecule has 0 spiro atoms. The molecule has 0 saturated carbocycles. The number of carboxylic acid groups (broad SMARTS) is 1. The number of pyridine rings is 1. The zero-order valence-corrected chi connectivity index (χ0v) is 22.4. The highest BCUT2D eigenvalue weighted by Gasteiger charge is 2.25. The van der Waals surface area contributed by atoms with Crippen molar-refractivity contribution in [1.82, 2.24) is 19.4 Å². The molecule has 1 fully saturated rings. The van der Waals surface area contributed by atoms with Crippen LogP contribution in [-0.4, -0.2) is 64.1 Å². The normalized spacial score (nSPS) is 15.5. The fourth-order valence-electron chi connectivity index (χ4n) is 5.49. The molecule has 2 aromatic heterocycles. The van der Waals surface area contributed by atoms with Gasteiger partial charge in [0, 0.05) is 43.4 Å². The van der Waals surface area contributed by atoms with E-state index in [4.69, 9.17) is 23.9 Å². The molecule has 0 unspecified atom stereocenters. The van der Waals surface area contributed by atoms with Crippen molar-refractivity contribution < 1.29 is 28.8 Å². The van der Waals surface area contributed by atoms with Crippen molar-refractivity contribution in [3.63, 3.8) is 0 Å². The van der Waals surface area contributed by atoms with E-state index in [-0.39, 0.29) is 6.79 Å². The Morgan fingerprint density at radius 3 is 2.77 bits per heavy atom. The third-order valence-corrected chi connectivity index (χ3v) is 7.61. The van der Waals surface area contributed by atoms with Crippen molar-refractivity contribution in [3.05, 3.63) is 77.2 Å². The van der Waals surface area contributed by atoms with Crippen LogP contribution in [0.15, 0.2) is 54.9 Å².